The number of hydrogen-bond acceptors (Lipinski definition) is 1. The summed E-state index contributed by atoms with van der Waals surface area (Å²) in [7, 11) is 1.68. The summed E-state index contributed by atoms with van der Waals surface area (Å²) in [5.41, 5.74) is 1.33. The molecule has 0 heterocycles. The molecule has 0 spiro atoms. The third-order valence-corrected chi connectivity index (χ3v) is 1.82. The smallest absolute Gasteiger partial charge is 0.522 e. The van der Waals surface area contributed by atoms with E-state index in [-0.39, 0.29) is 40.9 Å². The molecule has 0 aliphatic rings. The number of hydrogen-bond donors (Lipinski definition) is 0. The van der Waals surface area contributed by atoms with Crippen molar-refractivity contribution in [2.24, 2.45) is 0 Å². The largest absolute Gasteiger partial charge is 2.00 e. The van der Waals surface area contributed by atoms with Crippen molar-refractivity contribution in [3.63, 3.8) is 0 Å². The van der Waals surface area contributed by atoms with Crippen LogP contribution in [0.25, 0.3) is 0 Å². The maximum Gasteiger partial charge on any atom is 2.00 e. The molecule has 0 radical (unpaired) electrons. The molecule has 1 aromatic rings. The van der Waals surface area contributed by atoms with Crippen LogP contribution in [0.3, 0.4) is 0 Å². The zero-order chi connectivity index (χ0) is 12.8. The van der Waals surface area contributed by atoms with Gasteiger partial charge in [-0.25, -0.2) is 0 Å². The Labute approximate surface area is 135 Å². The van der Waals surface area contributed by atoms with Gasteiger partial charge in [0.1, 0.15) is 0 Å². The molecule has 0 amide bonds. The van der Waals surface area contributed by atoms with Gasteiger partial charge >= 0.3 is 23.1 Å². The average molecular weight is 281 g/mol. The molecule has 0 bridgehead atoms. The van der Waals surface area contributed by atoms with Gasteiger partial charge in [0.15, 0.2) is 0 Å². The van der Waals surface area contributed by atoms with Crippen LogP contribution in [0.5, 0.6) is 5.75 Å². The Morgan fingerprint density at radius 3 is 1.94 bits per heavy atom. The quantitative estimate of drug-likeness (QED) is 0.545. The summed E-state index contributed by atoms with van der Waals surface area (Å²) < 4.78 is 5.13. The van der Waals surface area contributed by atoms with E-state index in [2.05, 4.69) is 47.6 Å². The predicted molar refractivity (Wildman–Crippen MR) is 83.8 cm³/mol. The molecule has 1 aromatic carbocycles. The Hall–Kier alpha value is 0.0762. The Morgan fingerprint density at radius 2 is 1.61 bits per heavy atom. The Balaban J connectivity index is -0.000000332. The van der Waals surface area contributed by atoms with Gasteiger partial charge in [-0.3, -0.25) is 0 Å². The fraction of sp³-hybridized carbons (Fsp3) is 0.533. The van der Waals surface area contributed by atoms with Crippen molar-refractivity contribution < 1.29 is 4.74 Å². The van der Waals surface area contributed by atoms with Crippen LogP contribution in [-0.2, 0) is 5.41 Å². The van der Waals surface area contributed by atoms with Gasteiger partial charge in [0.25, 0.3) is 0 Å². The van der Waals surface area contributed by atoms with Crippen molar-refractivity contribution in [3.8, 4) is 5.75 Å². The van der Waals surface area contributed by atoms with Gasteiger partial charge in [-0.15, -0.1) is 24.5 Å². The van der Waals surface area contributed by atoms with Crippen LogP contribution in [0.2, 0.25) is 0 Å². The SMILES string of the molecule is COc1cc[c-]c(C(C)(C)C)c1.C[C-](C)C.Cl.[Mg+2]. The summed E-state index contributed by atoms with van der Waals surface area (Å²) >= 11 is 0. The molecule has 100 valence electrons. The Bertz CT molecular complexity index is 303. The average Bonchev–Trinajstić information content (AvgIpc) is 2.16. The van der Waals surface area contributed by atoms with E-state index in [1.165, 1.54) is 11.5 Å². The van der Waals surface area contributed by atoms with E-state index in [0.29, 0.717) is 0 Å². The standard InChI is InChI=1S/C11H15O.C4H9.ClH.Mg/c1-11(2,3)9-6-5-7-10(8-9)12-4;1-4(2)3;;/h5,7-8H,1-4H3;1-3H3;1H;/q2*-1;;+2. The zero-order valence-electron chi connectivity index (χ0n) is 12.8. The molecule has 0 saturated heterocycles. The van der Waals surface area contributed by atoms with Gasteiger partial charge in [0.2, 0.25) is 0 Å². The van der Waals surface area contributed by atoms with Crippen molar-refractivity contribution in [3.05, 3.63) is 35.7 Å². The van der Waals surface area contributed by atoms with Gasteiger partial charge < -0.3 is 10.7 Å². The van der Waals surface area contributed by atoms with Crippen LogP contribution in [0, 0.1) is 12.0 Å². The number of methoxy groups -OCH3 is 1. The maximum absolute atomic E-state index is 5.13. The van der Waals surface area contributed by atoms with Crippen LogP contribution in [-0.4, -0.2) is 30.2 Å². The number of benzene rings is 1. The van der Waals surface area contributed by atoms with E-state index in [1.807, 2.05) is 18.2 Å². The van der Waals surface area contributed by atoms with Crippen molar-refractivity contribution in [2.45, 2.75) is 47.0 Å². The van der Waals surface area contributed by atoms with E-state index in [4.69, 9.17) is 4.74 Å². The third-order valence-electron chi connectivity index (χ3n) is 1.82. The van der Waals surface area contributed by atoms with Gasteiger partial charge in [-0.05, 0) is 5.41 Å². The third kappa shape index (κ3) is 11.2. The summed E-state index contributed by atoms with van der Waals surface area (Å²) in [5, 5.41) is 0. The molecule has 0 fully saturated rings. The first-order chi connectivity index (χ1) is 7.27. The number of ether oxygens (including phenoxy) is 1. The summed E-state index contributed by atoms with van der Waals surface area (Å²) in [6.45, 7) is 12.7. The predicted octanol–water partition coefficient (Wildman–Crippen LogP) is 4.45. The van der Waals surface area contributed by atoms with Crippen molar-refractivity contribution in [2.75, 3.05) is 7.11 Å². The van der Waals surface area contributed by atoms with E-state index < -0.39 is 0 Å². The first kappa shape index (κ1) is 23.2. The van der Waals surface area contributed by atoms with Gasteiger partial charge in [-0.1, -0.05) is 20.8 Å². The van der Waals surface area contributed by atoms with Gasteiger partial charge in [0, 0.05) is 5.75 Å². The Kier molecular flexibility index (Phi) is 14.1. The van der Waals surface area contributed by atoms with Crippen molar-refractivity contribution in [1.29, 1.82) is 0 Å². The first-order valence-electron chi connectivity index (χ1n) is 5.60. The van der Waals surface area contributed by atoms with Crippen molar-refractivity contribution >= 4 is 35.5 Å². The van der Waals surface area contributed by atoms with Crippen molar-refractivity contribution in [1.82, 2.24) is 0 Å². The second kappa shape index (κ2) is 10.9. The molecular formula is C15H25ClMgO. The molecule has 0 aromatic heterocycles. The molecule has 18 heavy (non-hydrogen) atoms. The molecule has 1 rings (SSSR count). The fourth-order valence-electron chi connectivity index (χ4n) is 1.01. The van der Waals surface area contributed by atoms with Gasteiger partial charge in [-0.2, -0.15) is 38.5 Å². The molecule has 0 atom stereocenters. The number of halogens is 1. The maximum atomic E-state index is 5.13. The Morgan fingerprint density at radius 1 is 1.17 bits per heavy atom. The minimum absolute atomic E-state index is 0. The summed E-state index contributed by atoms with van der Waals surface area (Å²) in [6.07, 6.45) is 0. The first-order valence-corrected chi connectivity index (χ1v) is 5.60. The second-order valence-corrected chi connectivity index (χ2v) is 5.39. The van der Waals surface area contributed by atoms with Crippen LogP contribution >= 0.6 is 12.4 Å². The molecule has 1 nitrogen and oxygen atoms in total. The molecular weight excluding hydrogens is 256 g/mol. The molecule has 0 unspecified atom stereocenters. The summed E-state index contributed by atoms with van der Waals surface area (Å²) in [4.78, 5) is 0. The summed E-state index contributed by atoms with van der Waals surface area (Å²) in [6, 6.07) is 9.04. The van der Waals surface area contributed by atoms with Crippen LogP contribution < -0.4 is 4.74 Å². The minimum atomic E-state index is 0. The normalized spacial score (nSPS) is 9.56. The van der Waals surface area contributed by atoms with E-state index >= 15 is 0 Å². The van der Waals surface area contributed by atoms with Crippen LogP contribution in [0.4, 0.5) is 0 Å². The summed E-state index contributed by atoms with van der Waals surface area (Å²) in [5.74, 6) is 2.32. The molecule has 0 saturated carbocycles. The molecule has 0 N–H and O–H groups in total. The topological polar surface area (TPSA) is 9.23 Å². The van der Waals surface area contributed by atoms with E-state index in [0.717, 1.165) is 5.75 Å². The molecule has 0 aliphatic carbocycles. The zero-order valence-corrected chi connectivity index (χ0v) is 15.0. The fourth-order valence-corrected chi connectivity index (χ4v) is 1.01. The second-order valence-electron chi connectivity index (χ2n) is 5.39. The minimum Gasteiger partial charge on any atom is -0.522 e. The monoisotopic (exact) mass is 280 g/mol. The van der Waals surface area contributed by atoms with Gasteiger partial charge in [0.05, 0.1) is 7.11 Å². The van der Waals surface area contributed by atoms with E-state index in [9.17, 15) is 0 Å². The number of rotatable bonds is 1. The molecule has 0 aliphatic heterocycles. The van der Waals surface area contributed by atoms with E-state index in [1.54, 1.807) is 7.11 Å². The molecule has 3 heteroatoms. The van der Waals surface area contributed by atoms with Crippen LogP contribution in [0.15, 0.2) is 18.2 Å². The van der Waals surface area contributed by atoms with Crippen LogP contribution in [0.1, 0.15) is 47.1 Å².